The second-order valence-corrected chi connectivity index (χ2v) is 38.4. The summed E-state index contributed by atoms with van der Waals surface area (Å²) >= 11 is 7.24. The number of benzene rings is 22. The molecule has 0 aliphatic carbocycles. The molecule has 0 atom stereocenters. The number of anilines is 15. The van der Waals surface area contributed by atoms with Crippen LogP contribution in [0, 0.1) is 0 Å². The number of hydrogen-bond donors (Lipinski definition) is 3. The van der Waals surface area contributed by atoms with Gasteiger partial charge in [-0.15, -0.1) is 45.3 Å². The molecule has 4 heterocycles. The van der Waals surface area contributed by atoms with Crippen molar-refractivity contribution in [2.75, 3.05) is 30.7 Å². The minimum absolute atomic E-state index is 0.0572. The van der Waals surface area contributed by atoms with Crippen LogP contribution in [0.1, 0.15) is 6.85 Å². The summed E-state index contributed by atoms with van der Waals surface area (Å²) in [6.45, 7) is 0. The van der Waals surface area contributed by atoms with E-state index in [4.69, 9.17) is 6.85 Å². The van der Waals surface area contributed by atoms with Gasteiger partial charge >= 0.3 is 0 Å². The van der Waals surface area contributed by atoms with Gasteiger partial charge in [-0.1, -0.05) is 334 Å². The van der Waals surface area contributed by atoms with Gasteiger partial charge in [0.2, 0.25) is 0 Å². The Hall–Kier alpha value is -17.0. The minimum atomic E-state index is -0.410. The lowest BCUT2D eigenvalue weighted by atomic mass is 9.98. The van der Waals surface area contributed by atoms with E-state index in [1.165, 1.54) is 127 Å². The first-order valence-electron chi connectivity index (χ1n) is 48.6. The molecule has 0 amide bonds. The van der Waals surface area contributed by atoms with Crippen LogP contribution < -0.4 is 30.7 Å². The van der Waals surface area contributed by atoms with E-state index >= 15 is 0 Å². The number of nitrogens with one attached hydrogen (secondary N) is 3. The molecule has 0 aliphatic heterocycles. The van der Waals surface area contributed by atoms with Crippen molar-refractivity contribution >= 4 is 233 Å². The maximum atomic E-state index is 8.39. The lowest BCUT2D eigenvalue weighted by Gasteiger charge is -2.27. The standard InChI is InChI=1S/C48H32N2S2.C44H30N2S.C36H26N2S/c1-4-12-32(13-5-1)33-20-23-37(24-21-33)50(38-25-27-41-40-18-10-11-19-44(40)51-46(41)31-38)43-29-28-39(34-14-6-2-7-15-34)47-42-26-22-36(30-45(42)52-48(43)47)49-35-16-8-3-9-17-35;1-3-10-30(11-4-1)33-18-19-35-28-39(24-21-34(35)26-33)46(38-23-20-31-12-7-8-13-32(31)27-38)41-16-9-17-42-44(41)40-25-22-37(29-43(40)47-42)45-36-14-5-2-6-15-36;1-4-12-26(13-5-1)27-14-10-15-28(24-27)37-29-22-23-32-33-20-11-21-34(36(33)39-35(32)25-29)38(30-16-6-2-7-17-30)31-18-8-3-9-19-31/h1-31,49H;1-29,45H;1-25,37H/i;2D,5D,6D,14D,15D;. The lowest BCUT2D eigenvalue weighted by molar-refractivity contribution is 1.30. The van der Waals surface area contributed by atoms with Crippen molar-refractivity contribution < 1.29 is 6.85 Å². The Labute approximate surface area is 824 Å². The molecule has 0 fully saturated rings. The summed E-state index contributed by atoms with van der Waals surface area (Å²) in [6.07, 6.45) is 0. The Morgan fingerprint density at radius 2 is 0.558 bits per heavy atom. The van der Waals surface area contributed by atoms with Crippen LogP contribution in [0.5, 0.6) is 0 Å². The fraction of sp³-hybridized carbons (Fsp3) is 0. The molecule has 0 spiro atoms. The molecule has 0 bridgehead atoms. The monoisotopic (exact) mass is 1840 g/mol. The largest absolute Gasteiger partial charge is 0.355 e. The first-order valence-corrected chi connectivity index (χ1v) is 49.4. The van der Waals surface area contributed by atoms with Crippen LogP contribution >= 0.6 is 45.3 Å². The van der Waals surface area contributed by atoms with E-state index in [1.807, 2.05) is 58.3 Å². The lowest BCUT2D eigenvalue weighted by Crippen LogP contribution is -2.10. The third kappa shape index (κ3) is 16.9. The van der Waals surface area contributed by atoms with Gasteiger partial charge in [-0.25, -0.2) is 0 Å². The zero-order chi connectivity index (χ0) is 96.0. The average molecular weight is 1840 g/mol. The highest BCUT2D eigenvalue weighted by Gasteiger charge is 2.26. The van der Waals surface area contributed by atoms with Crippen molar-refractivity contribution in [1.29, 1.82) is 0 Å². The van der Waals surface area contributed by atoms with Gasteiger partial charge in [0, 0.05) is 140 Å². The first kappa shape index (κ1) is 78.5. The maximum Gasteiger partial charge on any atom is 0.0645 e. The molecule has 3 N–H and O–H groups in total. The van der Waals surface area contributed by atoms with Crippen LogP contribution in [0.3, 0.4) is 0 Å². The number of nitrogens with zero attached hydrogens (tertiary/aromatic N) is 3. The second kappa shape index (κ2) is 37.5. The molecule has 0 aliphatic rings. The minimum Gasteiger partial charge on any atom is -0.355 e. The molecule has 138 heavy (non-hydrogen) atoms. The number of fused-ring (bicyclic) bond motifs is 14. The van der Waals surface area contributed by atoms with Crippen LogP contribution in [0.25, 0.3) is 147 Å². The van der Waals surface area contributed by atoms with Crippen LogP contribution in [-0.4, -0.2) is 0 Å². The van der Waals surface area contributed by atoms with Crippen LogP contribution in [0.2, 0.25) is 0 Å². The first-order chi connectivity index (χ1) is 70.4. The molecule has 26 aromatic rings. The second-order valence-electron chi connectivity index (χ2n) is 34.1. The molecule has 654 valence electrons. The van der Waals surface area contributed by atoms with Gasteiger partial charge in [-0.2, -0.15) is 0 Å². The van der Waals surface area contributed by atoms with Crippen LogP contribution in [0.4, 0.5) is 85.3 Å². The number of thiophene rings is 4. The molecule has 0 radical (unpaired) electrons. The van der Waals surface area contributed by atoms with Gasteiger partial charge < -0.3 is 30.7 Å². The SMILES string of the molecule is [2H]c1c([2H])c([2H])c(Nc2ccc3c(c2)sc2cccc(N(c4ccc5ccccc5c4)c4ccc5cc(-c6ccccc6)ccc5c4)c23)c([2H])c1[2H].c1ccc(-c2cccc(Nc3ccc4c(c3)sc3c(N(c5ccccc5)c5ccccc5)cccc34)c2)cc1.c1ccc(Nc2ccc3c(c2)sc2c(N(c4ccc(-c5ccccc5)cc4)c4ccc5c(c4)sc4ccccc45)ccc(-c4ccccc4)c23)cc1. The van der Waals surface area contributed by atoms with E-state index in [0.717, 1.165) is 93.5 Å². The highest BCUT2D eigenvalue weighted by Crippen LogP contribution is 2.53. The molecule has 22 aromatic carbocycles. The van der Waals surface area contributed by atoms with Gasteiger partial charge in [0.05, 0.1) is 33.3 Å². The Kier molecular flexibility index (Phi) is 21.3. The van der Waals surface area contributed by atoms with Crippen molar-refractivity contribution in [2.45, 2.75) is 0 Å². The van der Waals surface area contributed by atoms with Crippen LogP contribution in [-0.2, 0) is 0 Å². The van der Waals surface area contributed by atoms with Gasteiger partial charge in [0.15, 0.2) is 0 Å². The summed E-state index contributed by atoms with van der Waals surface area (Å²) in [5.74, 6) is 0. The summed E-state index contributed by atoms with van der Waals surface area (Å²) < 4.78 is 50.7. The van der Waals surface area contributed by atoms with Crippen molar-refractivity contribution in [3.05, 3.63) is 516 Å². The van der Waals surface area contributed by atoms with E-state index in [1.54, 1.807) is 11.3 Å². The average Bonchev–Trinajstić information content (AvgIpc) is 1.57. The molecule has 6 nitrogen and oxygen atoms in total. The van der Waals surface area contributed by atoms with Gasteiger partial charge in [0.1, 0.15) is 0 Å². The quantitative estimate of drug-likeness (QED) is 0.0750. The number of hydrogen-bond acceptors (Lipinski definition) is 10. The molecule has 0 unspecified atom stereocenters. The van der Waals surface area contributed by atoms with Crippen molar-refractivity contribution in [1.82, 2.24) is 0 Å². The highest BCUT2D eigenvalue weighted by atomic mass is 32.1. The molecular weight excluding hydrogens is 1750 g/mol. The Morgan fingerprint density at radius 1 is 0.181 bits per heavy atom. The van der Waals surface area contributed by atoms with Gasteiger partial charge in [-0.05, 0) is 248 Å². The van der Waals surface area contributed by atoms with Gasteiger partial charge in [0.25, 0.3) is 0 Å². The van der Waals surface area contributed by atoms with Gasteiger partial charge in [-0.3, -0.25) is 0 Å². The highest BCUT2D eigenvalue weighted by molar-refractivity contribution is 7.27. The third-order valence-electron chi connectivity index (χ3n) is 25.5. The molecule has 0 saturated carbocycles. The van der Waals surface area contributed by atoms with E-state index in [9.17, 15) is 0 Å². The van der Waals surface area contributed by atoms with Crippen molar-refractivity contribution in [2.24, 2.45) is 0 Å². The van der Waals surface area contributed by atoms with Crippen molar-refractivity contribution in [3.63, 3.8) is 0 Å². The van der Waals surface area contributed by atoms with E-state index < -0.39 is 6.04 Å². The summed E-state index contributed by atoms with van der Waals surface area (Å²) in [6, 6.07) is 171. The smallest absolute Gasteiger partial charge is 0.0645 e. The van der Waals surface area contributed by atoms with E-state index in [0.29, 0.717) is 5.69 Å². The molecular formula is C128H88N6S4. The molecule has 0 saturated heterocycles. The fourth-order valence-electron chi connectivity index (χ4n) is 19.0. The zero-order valence-corrected chi connectivity index (χ0v) is 77.9. The van der Waals surface area contributed by atoms with Crippen LogP contribution in [0.15, 0.2) is 516 Å². The van der Waals surface area contributed by atoms with E-state index in [2.05, 4.69) is 492 Å². The Balaban J connectivity index is 0.000000117. The predicted octanol–water partition coefficient (Wildman–Crippen LogP) is 39.1. The van der Waals surface area contributed by atoms with E-state index in [-0.39, 0.29) is 29.9 Å². The normalized spacial score (nSPS) is 11.8. The number of rotatable bonds is 19. The topological polar surface area (TPSA) is 45.8 Å². The third-order valence-corrected chi connectivity index (χ3v) is 30.1. The number of para-hydroxylation sites is 4. The predicted molar refractivity (Wildman–Crippen MR) is 601 cm³/mol. The summed E-state index contributed by atoms with van der Waals surface area (Å²) in [5.41, 5.74) is 24.8. The molecule has 26 rings (SSSR count). The molecule has 10 heteroatoms. The zero-order valence-electron chi connectivity index (χ0n) is 79.7. The Morgan fingerprint density at radius 3 is 1.24 bits per heavy atom. The summed E-state index contributed by atoms with van der Waals surface area (Å²) in [7, 11) is 0. The summed E-state index contributed by atoms with van der Waals surface area (Å²) in [4.78, 5) is 7.14. The molecule has 4 aromatic heterocycles. The maximum absolute atomic E-state index is 8.39. The van der Waals surface area contributed by atoms with Crippen molar-refractivity contribution in [3.8, 4) is 44.5 Å². The Bertz CT molecular complexity index is 9200. The summed E-state index contributed by atoms with van der Waals surface area (Å²) in [5, 5.41) is 24.9. The fourth-order valence-corrected chi connectivity index (χ4v) is 23.8.